The van der Waals surface area contributed by atoms with Crippen molar-refractivity contribution < 1.29 is 18.0 Å². The van der Waals surface area contributed by atoms with E-state index in [0.717, 1.165) is 38.2 Å². The average molecular weight is 400 g/mol. The average Bonchev–Trinajstić information content (AvgIpc) is 2.66. The molecule has 2 N–H and O–H groups in total. The third-order valence-corrected chi connectivity index (χ3v) is 5.49. The fourth-order valence-electron chi connectivity index (χ4n) is 3.57. The first-order chi connectivity index (χ1) is 13.2. The summed E-state index contributed by atoms with van der Waals surface area (Å²) in [7, 11) is 0. The Kier molecular flexibility index (Phi) is 8.16. The van der Waals surface area contributed by atoms with E-state index in [1.165, 1.54) is 25.0 Å². The molecule has 2 rings (SSSR count). The van der Waals surface area contributed by atoms with Crippen molar-refractivity contribution in [2.75, 3.05) is 31.5 Å². The van der Waals surface area contributed by atoms with Crippen LogP contribution in [0.3, 0.4) is 0 Å². The predicted molar refractivity (Wildman–Crippen MR) is 106 cm³/mol. The van der Waals surface area contributed by atoms with Crippen LogP contribution in [0, 0.1) is 11.8 Å². The molecule has 158 valence electrons. The fourth-order valence-corrected chi connectivity index (χ4v) is 3.57. The summed E-state index contributed by atoms with van der Waals surface area (Å²) in [4.78, 5) is 15.0. The van der Waals surface area contributed by atoms with Crippen LogP contribution in [0.1, 0.15) is 45.6 Å². The number of amides is 1. The van der Waals surface area contributed by atoms with E-state index in [1.807, 2.05) is 13.8 Å². The summed E-state index contributed by atoms with van der Waals surface area (Å²) in [5.41, 5.74) is -0.188. The molecule has 1 atom stereocenters. The summed E-state index contributed by atoms with van der Waals surface area (Å²) < 4.78 is 38.1. The van der Waals surface area contributed by atoms with E-state index in [-0.39, 0.29) is 11.8 Å². The summed E-state index contributed by atoms with van der Waals surface area (Å²) in [6, 6.07) is 4.30. The number of benzene rings is 1. The standard InChI is InChI=1S/C21H32F3N3O/c1-4-27-13-10-16(11-14-27)9-12-25-20(28)19(15(2)3)26-18-7-5-17(6-8-18)21(22,23)24/h5-8,15-16,19,26H,4,9-14H2,1-3H3,(H,25,28)/t19-/m1/s1. The third kappa shape index (κ3) is 6.69. The van der Waals surface area contributed by atoms with Crippen LogP contribution in [-0.4, -0.2) is 43.0 Å². The molecule has 7 heteroatoms. The molecule has 0 bridgehead atoms. The van der Waals surface area contributed by atoms with Crippen LogP contribution in [0.5, 0.6) is 0 Å². The first kappa shape index (κ1) is 22.5. The number of halogens is 3. The number of carbonyl (C=O) groups is 1. The van der Waals surface area contributed by atoms with Crippen LogP contribution >= 0.6 is 0 Å². The molecule has 1 aromatic rings. The zero-order chi connectivity index (χ0) is 20.7. The van der Waals surface area contributed by atoms with Crippen molar-refractivity contribution in [1.82, 2.24) is 10.2 Å². The van der Waals surface area contributed by atoms with Crippen molar-refractivity contribution in [2.45, 2.75) is 52.3 Å². The lowest BCUT2D eigenvalue weighted by atomic mass is 9.93. The quantitative estimate of drug-likeness (QED) is 0.682. The smallest absolute Gasteiger partial charge is 0.373 e. The summed E-state index contributed by atoms with van der Waals surface area (Å²) >= 11 is 0. The highest BCUT2D eigenvalue weighted by molar-refractivity contribution is 5.84. The normalized spacial score (nSPS) is 17.5. The van der Waals surface area contributed by atoms with Crippen LogP contribution in [-0.2, 0) is 11.0 Å². The van der Waals surface area contributed by atoms with E-state index in [4.69, 9.17) is 0 Å². The Balaban J connectivity index is 1.83. The minimum absolute atomic E-state index is 0.00934. The first-order valence-corrected chi connectivity index (χ1v) is 10.1. The number of nitrogens with one attached hydrogen (secondary N) is 2. The molecule has 1 heterocycles. The molecule has 1 aromatic carbocycles. The largest absolute Gasteiger partial charge is 0.416 e. The second-order valence-electron chi connectivity index (χ2n) is 7.90. The molecule has 1 fully saturated rings. The second kappa shape index (κ2) is 10.1. The SMILES string of the molecule is CCN1CCC(CCNC(=O)[C@H](Nc2ccc(C(F)(F)F)cc2)C(C)C)CC1. The maximum Gasteiger partial charge on any atom is 0.416 e. The lowest BCUT2D eigenvalue weighted by Gasteiger charge is -2.31. The van der Waals surface area contributed by atoms with Gasteiger partial charge in [0.2, 0.25) is 5.91 Å². The summed E-state index contributed by atoms with van der Waals surface area (Å²) in [6.07, 6.45) is -1.06. The molecule has 28 heavy (non-hydrogen) atoms. The van der Waals surface area contributed by atoms with Crippen molar-refractivity contribution >= 4 is 11.6 Å². The summed E-state index contributed by atoms with van der Waals surface area (Å²) in [5, 5.41) is 6.07. The first-order valence-electron chi connectivity index (χ1n) is 10.1. The number of alkyl halides is 3. The zero-order valence-electron chi connectivity index (χ0n) is 17.0. The Morgan fingerprint density at radius 1 is 1.18 bits per heavy atom. The molecule has 1 aliphatic heterocycles. The molecular weight excluding hydrogens is 367 g/mol. The van der Waals surface area contributed by atoms with Gasteiger partial charge in [-0.3, -0.25) is 4.79 Å². The number of hydrogen-bond donors (Lipinski definition) is 2. The summed E-state index contributed by atoms with van der Waals surface area (Å²) in [5.74, 6) is 0.541. The van der Waals surface area contributed by atoms with Crippen molar-refractivity contribution in [3.8, 4) is 0 Å². The highest BCUT2D eigenvalue weighted by Gasteiger charge is 2.30. The number of piperidine rings is 1. The summed E-state index contributed by atoms with van der Waals surface area (Å²) in [6.45, 7) is 9.99. The van der Waals surface area contributed by atoms with Crippen molar-refractivity contribution in [2.24, 2.45) is 11.8 Å². The van der Waals surface area contributed by atoms with Gasteiger partial charge in [0.1, 0.15) is 6.04 Å². The number of rotatable bonds is 8. The van der Waals surface area contributed by atoms with Gasteiger partial charge >= 0.3 is 6.18 Å². The van der Waals surface area contributed by atoms with E-state index in [9.17, 15) is 18.0 Å². The van der Waals surface area contributed by atoms with Crippen LogP contribution < -0.4 is 10.6 Å². The predicted octanol–water partition coefficient (Wildman–Crippen LogP) is 4.38. The number of nitrogens with zero attached hydrogens (tertiary/aromatic N) is 1. The molecule has 1 aliphatic rings. The van der Waals surface area contributed by atoms with Crippen LogP contribution in [0.25, 0.3) is 0 Å². The number of anilines is 1. The van der Waals surface area contributed by atoms with Crippen LogP contribution in [0.15, 0.2) is 24.3 Å². The van der Waals surface area contributed by atoms with E-state index in [2.05, 4.69) is 22.5 Å². The molecule has 0 aromatic heterocycles. The lowest BCUT2D eigenvalue weighted by molar-refractivity contribution is -0.137. The molecule has 1 saturated heterocycles. The van der Waals surface area contributed by atoms with Gasteiger partial charge in [-0.2, -0.15) is 13.2 Å². The number of likely N-dealkylation sites (tertiary alicyclic amines) is 1. The highest BCUT2D eigenvalue weighted by Crippen LogP contribution is 2.30. The van der Waals surface area contributed by atoms with E-state index < -0.39 is 17.8 Å². The van der Waals surface area contributed by atoms with Gasteiger partial charge in [0.25, 0.3) is 0 Å². The lowest BCUT2D eigenvalue weighted by Crippen LogP contribution is -2.44. The molecule has 0 aliphatic carbocycles. The minimum atomic E-state index is -4.36. The van der Waals surface area contributed by atoms with Crippen LogP contribution in [0.2, 0.25) is 0 Å². The zero-order valence-corrected chi connectivity index (χ0v) is 17.0. The molecule has 1 amide bonds. The van der Waals surface area contributed by atoms with Crippen LogP contribution in [0.4, 0.5) is 18.9 Å². The van der Waals surface area contributed by atoms with Gasteiger partial charge in [-0.1, -0.05) is 20.8 Å². The van der Waals surface area contributed by atoms with Gasteiger partial charge in [-0.25, -0.2) is 0 Å². The molecule has 0 saturated carbocycles. The number of hydrogen-bond acceptors (Lipinski definition) is 3. The molecule has 4 nitrogen and oxygen atoms in total. The fraction of sp³-hybridized carbons (Fsp3) is 0.667. The van der Waals surface area contributed by atoms with Gasteiger partial charge in [0, 0.05) is 12.2 Å². The molecule has 0 unspecified atom stereocenters. The van der Waals surface area contributed by atoms with Crippen molar-refractivity contribution in [3.63, 3.8) is 0 Å². The van der Waals surface area contributed by atoms with Crippen molar-refractivity contribution in [3.05, 3.63) is 29.8 Å². The van der Waals surface area contributed by atoms with Gasteiger partial charge in [-0.15, -0.1) is 0 Å². The second-order valence-corrected chi connectivity index (χ2v) is 7.90. The molecule has 0 radical (unpaired) electrons. The van der Waals surface area contributed by atoms with Gasteiger partial charge in [-0.05, 0) is 75.0 Å². The van der Waals surface area contributed by atoms with Crippen molar-refractivity contribution in [1.29, 1.82) is 0 Å². The Hall–Kier alpha value is -1.76. The Bertz CT molecular complexity index is 608. The topological polar surface area (TPSA) is 44.4 Å². The Morgan fingerprint density at radius 3 is 2.29 bits per heavy atom. The van der Waals surface area contributed by atoms with E-state index >= 15 is 0 Å². The van der Waals surface area contributed by atoms with Gasteiger partial charge in [0.05, 0.1) is 5.56 Å². The van der Waals surface area contributed by atoms with E-state index in [0.29, 0.717) is 18.2 Å². The minimum Gasteiger partial charge on any atom is -0.373 e. The Morgan fingerprint density at radius 2 is 1.79 bits per heavy atom. The van der Waals surface area contributed by atoms with E-state index in [1.54, 1.807) is 0 Å². The Labute approximate surface area is 165 Å². The van der Waals surface area contributed by atoms with Gasteiger partial charge < -0.3 is 15.5 Å². The number of carbonyl (C=O) groups excluding carboxylic acids is 1. The third-order valence-electron chi connectivity index (χ3n) is 5.49. The molecular formula is C21H32F3N3O. The molecule has 0 spiro atoms. The highest BCUT2D eigenvalue weighted by atomic mass is 19.4. The van der Waals surface area contributed by atoms with Gasteiger partial charge in [0.15, 0.2) is 0 Å². The monoisotopic (exact) mass is 399 g/mol. The maximum atomic E-state index is 12.7. The maximum absolute atomic E-state index is 12.7.